The summed E-state index contributed by atoms with van der Waals surface area (Å²) >= 11 is 6.50. The second-order valence-corrected chi connectivity index (χ2v) is 8.95. The van der Waals surface area contributed by atoms with Crippen LogP contribution >= 0.6 is 11.6 Å². The number of carbonyl (C=O) groups excluding carboxylic acids is 3. The number of rotatable bonds is 4. The fraction of sp³-hybridized carbons (Fsp3) is 0.222. The van der Waals surface area contributed by atoms with E-state index in [4.69, 9.17) is 11.6 Å². The second kappa shape index (κ2) is 9.69. The van der Waals surface area contributed by atoms with E-state index in [1.807, 2.05) is 62.3 Å². The largest absolute Gasteiger partial charge is 0.378 e. The van der Waals surface area contributed by atoms with Crippen molar-refractivity contribution in [1.82, 2.24) is 0 Å². The summed E-state index contributed by atoms with van der Waals surface area (Å²) in [5.74, 6) is -0.505. The van der Waals surface area contributed by atoms with Crippen molar-refractivity contribution < 1.29 is 14.4 Å². The van der Waals surface area contributed by atoms with Gasteiger partial charge in [-0.3, -0.25) is 14.4 Å². The molecule has 0 fully saturated rings. The predicted molar refractivity (Wildman–Crippen MR) is 137 cm³/mol. The Morgan fingerprint density at radius 2 is 1.76 bits per heavy atom. The summed E-state index contributed by atoms with van der Waals surface area (Å²) in [6.07, 6.45) is 0.948. The number of Topliss-reactive ketones (excluding diaryl/α,β-unsaturated/α-hetero) is 1. The van der Waals surface area contributed by atoms with Gasteiger partial charge in [0.2, 0.25) is 0 Å². The van der Waals surface area contributed by atoms with Crippen molar-refractivity contribution in [1.29, 1.82) is 0 Å². The number of aryl methyl sites for hydroxylation is 1. The van der Waals surface area contributed by atoms with Gasteiger partial charge in [0.1, 0.15) is 0 Å². The quantitative estimate of drug-likeness (QED) is 0.534. The molecule has 1 heterocycles. The Bertz CT molecular complexity index is 1290. The van der Waals surface area contributed by atoms with E-state index in [1.54, 1.807) is 29.2 Å². The Labute approximate surface area is 204 Å². The van der Waals surface area contributed by atoms with Crippen LogP contribution in [0.2, 0.25) is 5.02 Å². The normalized spacial score (nSPS) is 13.2. The highest BCUT2D eigenvalue weighted by Gasteiger charge is 2.27. The second-order valence-electron chi connectivity index (χ2n) is 8.54. The van der Waals surface area contributed by atoms with Crippen LogP contribution in [-0.2, 0) is 0 Å². The van der Waals surface area contributed by atoms with Gasteiger partial charge >= 0.3 is 0 Å². The van der Waals surface area contributed by atoms with Gasteiger partial charge in [-0.15, -0.1) is 0 Å². The smallest absolute Gasteiger partial charge is 0.259 e. The third-order valence-electron chi connectivity index (χ3n) is 5.97. The zero-order valence-corrected chi connectivity index (χ0v) is 20.1. The third-order valence-corrected chi connectivity index (χ3v) is 6.28. The molecule has 0 bridgehead atoms. The van der Waals surface area contributed by atoms with Gasteiger partial charge in [-0.2, -0.15) is 0 Å². The highest BCUT2D eigenvalue weighted by molar-refractivity contribution is 6.35. The van der Waals surface area contributed by atoms with Gasteiger partial charge in [0, 0.05) is 49.6 Å². The molecule has 0 aromatic heterocycles. The van der Waals surface area contributed by atoms with E-state index in [-0.39, 0.29) is 22.6 Å². The number of halogens is 1. The minimum Gasteiger partial charge on any atom is -0.378 e. The van der Waals surface area contributed by atoms with Crippen molar-refractivity contribution in [2.24, 2.45) is 0 Å². The first kappa shape index (κ1) is 23.5. The number of benzene rings is 3. The molecule has 2 amide bonds. The molecule has 0 saturated heterocycles. The van der Waals surface area contributed by atoms with Crippen molar-refractivity contribution in [2.45, 2.75) is 19.8 Å². The van der Waals surface area contributed by atoms with Gasteiger partial charge in [0.05, 0.1) is 16.3 Å². The lowest BCUT2D eigenvalue weighted by Crippen LogP contribution is -2.32. The van der Waals surface area contributed by atoms with Crippen LogP contribution in [-0.4, -0.2) is 38.2 Å². The molecule has 1 aliphatic heterocycles. The predicted octanol–water partition coefficient (Wildman–Crippen LogP) is 5.59. The topological polar surface area (TPSA) is 69.7 Å². The van der Waals surface area contributed by atoms with Crippen LogP contribution in [0.25, 0.3) is 0 Å². The molecule has 34 heavy (non-hydrogen) atoms. The zero-order valence-electron chi connectivity index (χ0n) is 19.4. The minimum atomic E-state index is -0.282. The Morgan fingerprint density at radius 1 is 1.00 bits per heavy atom. The summed E-state index contributed by atoms with van der Waals surface area (Å²) in [5.41, 5.74) is 4.27. The Kier molecular flexibility index (Phi) is 6.70. The van der Waals surface area contributed by atoms with Crippen molar-refractivity contribution in [2.75, 3.05) is 35.8 Å². The minimum absolute atomic E-state index is 0.0226. The van der Waals surface area contributed by atoms with Crippen molar-refractivity contribution in [3.05, 3.63) is 87.9 Å². The van der Waals surface area contributed by atoms with Crippen molar-refractivity contribution >= 4 is 46.3 Å². The zero-order chi connectivity index (χ0) is 24.4. The van der Waals surface area contributed by atoms with Gasteiger partial charge in [0.25, 0.3) is 11.8 Å². The summed E-state index contributed by atoms with van der Waals surface area (Å²) < 4.78 is 0. The maximum atomic E-state index is 13.5. The fourth-order valence-electron chi connectivity index (χ4n) is 4.06. The van der Waals surface area contributed by atoms with Gasteiger partial charge in [-0.05, 0) is 61.4 Å². The number of fused-ring (bicyclic) bond motifs is 1. The Hall–Kier alpha value is -3.64. The van der Waals surface area contributed by atoms with Crippen LogP contribution in [0.3, 0.4) is 0 Å². The SMILES string of the molecule is Cc1ccccc1C(=O)Nc1ccc(C(=O)N2CCCC(=O)c3cc(N(C)C)ccc32)c(Cl)c1. The molecule has 1 aliphatic rings. The molecule has 174 valence electrons. The molecule has 7 heteroatoms. The Morgan fingerprint density at radius 3 is 2.47 bits per heavy atom. The van der Waals surface area contributed by atoms with Crippen molar-refractivity contribution in [3.63, 3.8) is 0 Å². The fourth-order valence-corrected chi connectivity index (χ4v) is 4.32. The summed E-state index contributed by atoms with van der Waals surface area (Å²) in [6, 6.07) is 17.7. The monoisotopic (exact) mass is 475 g/mol. The number of amides is 2. The lowest BCUT2D eigenvalue weighted by Gasteiger charge is -2.24. The van der Waals surface area contributed by atoms with E-state index >= 15 is 0 Å². The summed E-state index contributed by atoms with van der Waals surface area (Å²) in [7, 11) is 3.82. The number of nitrogens with one attached hydrogen (secondary N) is 1. The van der Waals surface area contributed by atoms with Crippen LogP contribution < -0.4 is 15.1 Å². The molecular weight excluding hydrogens is 450 g/mol. The molecule has 0 saturated carbocycles. The number of carbonyl (C=O) groups is 3. The third kappa shape index (κ3) is 4.68. The molecule has 3 aromatic carbocycles. The number of hydrogen-bond donors (Lipinski definition) is 1. The Balaban J connectivity index is 1.61. The maximum Gasteiger partial charge on any atom is 0.259 e. The molecule has 0 radical (unpaired) electrons. The molecule has 0 atom stereocenters. The van der Waals surface area contributed by atoms with E-state index in [2.05, 4.69) is 5.32 Å². The van der Waals surface area contributed by atoms with E-state index in [0.717, 1.165) is 11.3 Å². The summed E-state index contributed by atoms with van der Waals surface area (Å²) in [4.78, 5) is 42.4. The average Bonchev–Trinajstić information content (AvgIpc) is 2.97. The first-order chi connectivity index (χ1) is 16.3. The van der Waals surface area contributed by atoms with Crippen LogP contribution in [0.4, 0.5) is 17.1 Å². The number of hydrogen-bond acceptors (Lipinski definition) is 4. The first-order valence-corrected chi connectivity index (χ1v) is 11.5. The van der Waals surface area contributed by atoms with E-state index < -0.39 is 0 Å². The molecule has 4 rings (SSSR count). The van der Waals surface area contributed by atoms with Gasteiger partial charge in [-0.25, -0.2) is 0 Å². The van der Waals surface area contributed by atoms with Gasteiger partial charge in [-0.1, -0.05) is 29.8 Å². The molecule has 1 N–H and O–H groups in total. The van der Waals surface area contributed by atoms with Gasteiger partial charge < -0.3 is 15.1 Å². The number of nitrogens with zero attached hydrogens (tertiary/aromatic N) is 2. The highest BCUT2D eigenvalue weighted by atomic mass is 35.5. The lowest BCUT2D eigenvalue weighted by molar-refractivity contribution is 0.0974. The van der Waals surface area contributed by atoms with Crippen LogP contribution in [0.15, 0.2) is 60.7 Å². The maximum absolute atomic E-state index is 13.5. The molecular formula is C27H26ClN3O3. The average molecular weight is 476 g/mol. The van der Waals surface area contributed by atoms with E-state index in [9.17, 15) is 14.4 Å². The molecule has 0 unspecified atom stereocenters. The van der Waals surface area contributed by atoms with Crippen LogP contribution in [0, 0.1) is 6.92 Å². The van der Waals surface area contributed by atoms with Gasteiger partial charge in [0.15, 0.2) is 5.78 Å². The van der Waals surface area contributed by atoms with E-state index in [0.29, 0.717) is 47.5 Å². The number of ketones is 1. The molecule has 0 spiro atoms. The molecule has 0 aliphatic carbocycles. The van der Waals surface area contributed by atoms with Crippen LogP contribution in [0.5, 0.6) is 0 Å². The van der Waals surface area contributed by atoms with E-state index in [1.165, 1.54) is 0 Å². The van der Waals surface area contributed by atoms with Crippen molar-refractivity contribution in [3.8, 4) is 0 Å². The standard InChI is InChI=1S/C27H26ClN3O3/c1-17-7-4-5-8-20(17)26(33)29-18-10-12-21(23(28)15-18)27(34)31-14-6-9-25(32)22-16-19(30(2)3)11-13-24(22)31/h4-5,7-8,10-13,15-16H,6,9,14H2,1-3H3,(H,29,33). The molecule has 3 aromatic rings. The highest BCUT2D eigenvalue weighted by Crippen LogP contribution is 2.32. The summed E-state index contributed by atoms with van der Waals surface area (Å²) in [6.45, 7) is 2.29. The van der Waals surface area contributed by atoms with Crippen LogP contribution in [0.1, 0.15) is 49.5 Å². The molecule has 6 nitrogen and oxygen atoms in total. The lowest BCUT2D eigenvalue weighted by atomic mass is 10.0. The first-order valence-electron chi connectivity index (χ1n) is 11.1. The summed E-state index contributed by atoms with van der Waals surface area (Å²) in [5, 5.41) is 3.07. The number of anilines is 3.